The van der Waals surface area contributed by atoms with E-state index in [0.29, 0.717) is 25.9 Å². The Morgan fingerprint density at radius 1 is 1.33 bits per heavy atom. The van der Waals surface area contributed by atoms with Gasteiger partial charge in [-0.1, -0.05) is 0 Å². The van der Waals surface area contributed by atoms with Crippen LogP contribution in [-0.4, -0.2) is 25.5 Å². The van der Waals surface area contributed by atoms with Crippen molar-refractivity contribution in [3.05, 3.63) is 29.3 Å². The third kappa shape index (κ3) is 2.88. The molecule has 96 valence electrons. The first-order valence-electron chi connectivity index (χ1n) is 6.06. The van der Waals surface area contributed by atoms with E-state index in [9.17, 15) is 9.59 Å². The molecule has 1 aliphatic rings. The first kappa shape index (κ1) is 12.6. The lowest BCUT2D eigenvalue weighted by Gasteiger charge is -2.07. The highest BCUT2D eigenvalue weighted by atomic mass is 16.5. The lowest BCUT2D eigenvalue weighted by molar-refractivity contribution is -0.140. The Morgan fingerprint density at radius 2 is 2.17 bits per heavy atom. The second-order valence-electron chi connectivity index (χ2n) is 4.27. The van der Waals surface area contributed by atoms with Gasteiger partial charge in [0.1, 0.15) is 5.75 Å². The maximum Gasteiger partial charge on any atom is 0.305 e. The monoisotopic (exact) mass is 248 g/mol. The van der Waals surface area contributed by atoms with Crippen molar-refractivity contribution in [2.45, 2.75) is 25.7 Å². The smallest absolute Gasteiger partial charge is 0.305 e. The van der Waals surface area contributed by atoms with Gasteiger partial charge in [-0.25, -0.2) is 0 Å². The number of rotatable bonds is 5. The van der Waals surface area contributed by atoms with Crippen LogP contribution in [0.2, 0.25) is 0 Å². The van der Waals surface area contributed by atoms with Crippen LogP contribution in [0.4, 0.5) is 0 Å². The SMILES string of the molecule is COC(=O)CCCOc1ccc2c(c1)CCC2=O. The highest BCUT2D eigenvalue weighted by molar-refractivity contribution is 6.00. The zero-order chi connectivity index (χ0) is 13.0. The molecule has 2 rings (SSSR count). The summed E-state index contributed by atoms with van der Waals surface area (Å²) in [5, 5.41) is 0. The number of carbonyl (C=O) groups is 2. The molecule has 0 aliphatic heterocycles. The number of benzene rings is 1. The van der Waals surface area contributed by atoms with Crippen LogP contribution < -0.4 is 4.74 Å². The maximum absolute atomic E-state index is 11.5. The highest BCUT2D eigenvalue weighted by Gasteiger charge is 2.19. The highest BCUT2D eigenvalue weighted by Crippen LogP contribution is 2.26. The van der Waals surface area contributed by atoms with Crippen molar-refractivity contribution in [2.24, 2.45) is 0 Å². The van der Waals surface area contributed by atoms with Crippen LogP contribution in [0.5, 0.6) is 5.75 Å². The summed E-state index contributed by atoms with van der Waals surface area (Å²) in [6.45, 7) is 0.474. The molecule has 0 N–H and O–H groups in total. The summed E-state index contributed by atoms with van der Waals surface area (Å²) in [7, 11) is 1.38. The number of hydrogen-bond donors (Lipinski definition) is 0. The van der Waals surface area contributed by atoms with E-state index in [4.69, 9.17) is 4.74 Å². The second-order valence-corrected chi connectivity index (χ2v) is 4.27. The van der Waals surface area contributed by atoms with Crippen molar-refractivity contribution < 1.29 is 19.1 Å². The van der Waals surface area contributed by atoms with E-state index in [1.807, 2.05) is 12.1 Å². The largest absolute Gasteiger partial charge is 0.494 e. The van der Waals surface area contributed by atoms with Crippen LogP contribution >= 0.6 is 0 Å². The lowest BCUT2D eigenvalue weighted by atomic mass is 10.1. The van der Waals surface area contributed by atoms with Crippen LogP contribution in [0.15, 0.2) is 18.2 Å². The average molecular weight is 248 g/mol. The van der Waals surface area contributed by atoms with Crippen LogP contribution in [0.25, 0.3) is 0 Å². The van der Waals surface area contributed by atoms with Crippen LogP contribution in [0.1, 0.15) is 35.2 Å². The minimum atomic E-state index is -0.224. The van der Waals surface area contributed by atoms with E-state index in [-0.39, 0.29) is 11.8 Å². The molecule has 0 fully saturated rings. The van der Waals surface area contributed by atoms with Gasteiger partial charge >= 0.3 is 5.97 Å². The number of ketones is 1. The van der Waals surface area contributed by atoms with Crippen molar-refractivity contribution in [3.63, 3.8) is 0 Å². The van der Waals surface area contributed by atoms with Crippen molar-refractivity contribution in [1.29, 1.82) is 0 Å². The minimum absolute atomic E-state index is 0.210. The Balaban J connectivity index is 1.84. The fraction of sp³-hybridized carbons (Fsp3) is 0.429. The molecule has 0 atom stereocenters. The number of Topliss-reactive ketones (excluding diaryl/α,β-unsaturated/α-hetero) is 1. The predicted molar refractivity (Wildman–Crippen MR) is 65.8 cm³/mol. The Bertz CT molecular complexity index is 465. The summed E-state index contributed by atoms with van der Waals surface area (Å²) in [5.74, 6) is 0.744. The average Bonchev–Trinajstić information content (AvgIpc) is 2.76. The van der Waals surface area contributed by atoms with Crippen molar-refractivity contribution >= 4 is 11.8 Å². The van der Waals surface area contributed by atoms with E-state index < -0.39 is 0 Å². The first-order valence-corrected chi connectivity index (χ1v) is 6.06. The number of methoxy groups -OCH3 is 1. The predicted octanol–water partition coefficient (Wildman–Crippen LogP) is 2.15. The molecule has 1 aromatic rings. The van der Waals surface area contributed by atoms with Crippen molar-refractivity contribution in [1.82, 2.24) is 0 Å². The Kier molecular flexibility index (Phi) is 3.97. The van der Waals surface area contributed by atoms with Gasteiger partial charge in [-0.2, -0.15) is 0 Å². The summed E-state index contributed by atoms with van der Waals surface area (Å²) in [6, 6.07) is 5.54. The van der Waals surface area contributed by atoms with Gasteiger partial charge in [-0.05, 0) is 36.6 Å². The first-order chi connectivity index (χ1) is 8.70. The minimum Gasteiger partial charge on any atom is -0.494 e. The summed E-state index contributed by atoms with van der Waals surface area (Å²) in [6.07, 6.45) is 2.39. The normalized spacial score (nSPS) is 13.3. The van der Waals surface area contributed by atoms with Gasteiger partial charge in [-0.3, -0.25) is 9.59 Å². The summed E-state index contributed by atoms with van der Waals surface area (Å²) in [5.41, 5.74) is 1.88. The van der Waals surface area contributed by atoms with Crippen molar-refractivity contribution in [2.75, 3.05) is 13.7 Å². The summed E-state index contributed by atoms with van der Waals surface area (Å²) < 4.78 is 10.1. The molecule has 0 saturated heterocycles. The number of fused-ring (bicyclic) bond motifs is 1. The summed E-state index contributed by atoms with van der Waals surface area (Å²) in [4.78, 5) is 22.4. The maximum atomic E-state index is 11.5. The zero-order valence-corrected chi connectivity index (χ0v) is 10.4. The molecule has 0 saturated carbocycles. The molecule has 0 bridgehead atoms. The molecule has 0 radical (unpaired) electrons. The lowest BCUT2D eigenvalue weighted by Crippen LogP contribution is -2.04. The molecular weight excluding hydrogens is 232 g/mol. The fourth-order valence-electron chi connectivity index (χ4n) is 2.03. The molecule has 4 nitrogen and oxygen atoms in total. The van der Waals surface area contributed by atoms with Gasteiger partial charge in [0.15, 0.2) is 5.78 Å². The van der Waals surface area contributed by atoms with Crippen molar-refractivity contribution in [3.8, 4) is 5.75 Å². The molecule has 0 heterocycles. The van der Waals surface area contributed by atoms with Gasteiger partial charge in [0.25, 0.3) is 0 Å². The zero-order valence-electron chi connectivity index (χ0n) is 10.4. The molecule has 0 unspecified atom stereocenters. The van der Waals surface area contributed by atoms with E-state index in [0.717, 1.165) is 23.3 Å². The standard InChI is InChI=1S/C14H16O4/c1-17-14(16)3-2-8-18-11-5-6-12-10(9-11)4-7-13(12)15/h5-6,9H,2-4,7-8H2,1H3. The quantitative estimate of drug-likeness (QED) is 0.592. The summed E-state index contributed by atoms with van der Waals surface area (Å²) >= 11 is 0. The number of hydrogen-bond acceptors (Lipinski definition) is 4. The van der Waals surface area contributed by atoms with E-state index >= 15 is 0 Å². The number of esters is 1. The van der Waals surface area contributed by atoms with Crippen LogP contribution in [0, 0.1) is 0 Å². The molecule has 0 spiro atoms. The van der Waals surface area contributed by atoms with Gasteiger partial charge in [-0.15, -0.1) is 0 Å². The Hall–Kier alpha value is -1.84. The topological polar surface area (TPSA) is 52.6 Å². The molecule has 0 amide bonds. The van der Waals surface area contributed by atoms with Crippen LogP contribution in [0.3, 0.4) is 0 Å². The van der Waals surface area contributed by atoms with Gasteiger partial charge < -0.3 is 9.47 Å². The molecule has 18 heavy (non-hydrogen) atoms. The fourth-order valence-corrected chi connectivity index (χ4v) is 2.03. The molecule has 0 aromatic heterocycles. The molecule has 1 aliphatic carbocycles. The number of ether oxygens (including phenoxy) is 2. The molecular formula is C14H16O4. The van der Waals surface area contributed by atoms with E-state index in [1.165, 1.54) is 7.11 Å². The van der Waals surface area contributed by atoms with Crippen LogP contribution in [-0.2, 0) is 16.0 Å². The van der Waals surface area contributed by atoms with Gasteiger partial charge in [0, 0.05) is 18.4 Å². The van der Waals surface area contributed by atoms with Gasteiger partial charge in [0.05, 0.1) is 13.7 Å². The number of carbonyl (C=O) groups excluding carboxylic acids is 2. The molecule has 4 heteroatoms. The Morgan fingerprint density at radius 3 is 2.94 bits per heavy atom. The van der Waals surface area contributed by atoms with E-state index in [1.54, 1.807) is 6.07 Å². The number of aryl methyl sites for hydroxylation is 1. The third-order valence-electron chi connectivity index (χ3n) is 3.02. The Labute approximate surface area is 106 Å². The van der Waals surface area contributed by atoms with E-state index in [2.05, 4.69) is 4.74 Å². The third-order valence-corrected chi connectivity index (χ3v) is 3.02. The second kappa shape index (κ2) is 5.67. The molecule has 1 aromatic carbocycles. The van der Waals surface area contributed by atoms with Gasteiger partial charge in [0.2, 0.25) is 0 Å².